The van der Waals surface area contributed by atoms with Gasteiger partial charge >= 0.3 is 12.1 Å². The van der Waals surface area contributed by atoms with Crippen molar-refractivity contribution in [3.63, 3.8) is 0 Å². The summed E-state index contributed by atoms with van der Waals surface area (Å²) >= 11 is 0. The zero-order valence-corrected chi connectivity index (χ0v) is 15.9. The molecule has 1 aromatic rings. The highest BCUT2D eigenvalue weighted by atomic mass is 19.1. The molecule has 1 amide bonds. The third-order valence-electron chi connectivity index (χ3n) is 4.10. The van der Waals surface area contributed by atoms with Gasteiger partial charge in [0.2, 0.25) is 0 Å². The molecule has 0 aromatic carbocycles. The number of rotatable bonds is 3. The van der Waals surface area contributed by atoms with Gasteiger partial charge in [-0.1, -0.05) is 5.16 Å². The Bertz CT molecular complexity index is 715. The maximum atomic E-state index is 12.8. The number of carbonyl (C=O) groups excluding carboxylic acids is 2. The van der Waals surface area contributed by atoms with E-state index in [0.717, 1.165) is 12.3 Å². The molecule has 8 nitrogen and oxygen atoms in total. The molecule has 2 N–H and O–H groups in total. The van der Waals surface area contributed by atoms with Gasteiger partial charge in [0.25, 0.3) is 0 Å². The number of oxime groups is 1. The summed E-state index contributed by atoms with van der Waals surface area (Å²) in [5.41, 5.74) is 5.27. The molecule has 9 heteroatoms. The Kier molecular flexibility index (Phi) is 6.35. The van der Waals surface area contributed by atoms with Crippen LogP contribution in [0.2, 0.25) is 0 Å². The summed E-state index contributed by atoms with van der Waals surface area (Å²) in [6.45, 7) is 7.66. The van der Waals surface area contributed by atoms with Crippen molar-refractivity contribution in [2.24, 2.45) is 16.8 Å². The topological polar surface area (TPSA) is 107 Å². The van der Waals surface area contributed by atoms with Crippen molar-refractivity contribution in [2.45, 2.75) is 52.2 Å². The highest BCUT2D eigenvalue weighted by molar-refractivity contribution is 5.89. The molecule has 1 saturated heterocycles. The first-order valence-electron chi connectivity index (χ1n) is 8.72. The van der Waals surface area contributed by atoms with Crippen molar-refractivity contribution < 1.29 is 23.6 Å². The number of amides is 1. The molecule has 1 aliphatic heterocycles. The van der Waals surface area contributed by atoms with Crippen molar-refractivity contribution in [3.8, 4) is 0 Å². The molecule has 0 aliphatic carbocycles. The largest absolute Gasteiger partial charge is 0.444 e. The number of aromatic nitrogens is 1. The van der Waals surface area contributed by atoms with Crippen molar-refractivity contribution in [1.82, 2.24) is 9.88 Å². The van der Waals surface area contributed by atoms with Crippen LogP contribution in [0.15, 0.2) is 23.5 Å². The van der Waals surface area contributed by atoms with Crippen LogP contribution in [0.25, 0.3) is 0 Å². The number of likely N-dealkylation sites (tertiary alicyclic amines) is 1. The molecule has 148 valence electrons. The fraction of sp³-hybridized carbons (Fsp3) is 0.556. The number of hydrogen-bond acceptors (Lipinski definition) is 6. The third kappa shape index (κ3) is 5.90. The van der Waals surface area contributed by atoms with E-state index in [1.807, 2.05) is 6.92 Å². The van der Waals surface area contributed by atoms with Crippen LogP contribution in [0.1, 0.15) is 51.0 Å². The Morgan fingerprint density at radius 2 is 2.04 bits per heavy atom. The normalized spacial score (nSPS) is 20.9. The van der Waals surface area contributed by atoms with Crippen LogP contribution >= 0.6 is 0 Å². The van der Waals surface area contributed by atoms with Gasteiger partial charge in [-0.15, -0.1) is 0 Å². The molecule has 2 heterocycles. The number of carbonyl (C=O) groups is 2. The molecule has 0 bridgehead atoms. The first kappa shape index (κ1) is 20.6. The second kappa shape index (κ2) is 8.32. The molecular weight excluding hydrogens is 355 g/mol. The number of halogens is 1. The highest BCUT2D eigenvalue weighted by Gasteiger charge is 2.33. The van der Waals surface area contributed by atoms with Crippen LogP contribution in [0.5, 0.6) is 0 Å². The third-order valence-corrected chi connectivity index (χ3v) is 4.10. The number of hydrogen-bond donors (Lipinski definition) is 1. The maximum absolute atomic E-state index is 12.8. The Morgan fingerprint density at radius 3 is 2.63 bits per heavy atom. The Morgan fingerprint density at radius 1 is 1.33 bits per heavy atom. The zero-order valence-electron chi connectivity index (χ0n) is 15.9. The number of nitrogens with zero attached hydrogens (tertiary/aromatic N) is 3. The van der Waals surface area contributed by atoms with Gasteiger partial charge in [-0.25, -0.2) is 19.0 Å². The lowest BCUT2D eigenvalue weighted by atomic mass is 9.93. The summed E-state index contributed by atoms with van der Waals surface area (Å²) in [6, 6.07) is 2.29. The summed E-state index contributed by atoms with van der Waals surface area (Å²) in [6.07, 6.45) is 1.90. The molecule has 2 atom stereocenters. The smallest absolute Gasteiger partial charge is 0.410 e. The van der Waals surface area contributed by atoms with Crippen LogP contribution in [0, 0.1) is 11.7 Å². The van der Waals surface area contributed by atoms with Gasteiger partial charge < -0.3 is 20.2 Å². The number of amidine groups is 1. The molecular formula is C18H25FN4O4. The molecule has 0 radical (unpaired) electrons. The molecule has 2 rings (SSSR count). The van der Waals surface area contributed by atoms with Crippen LogP contribution in [0.4, 0.5) is 9.18 Å². The van der Waals surface area contributed by atoms with E-state index >= 15 is 0 Å². The lowest BCUT2D eigenvalue weighted by Crippen LogP contribution is -2.50. The van der Waals surface area contributed by atoms with E-state index in [2.05, 4.69) is 10.1 Å². The minimum absolute atomic E-state index is 0.00913. The van der Waals surface area contributed by atoms with Gasteiger partial charge in [-0.3, -0.25) is 0 Å². The van der Waals surface area contributed by atoms with Gasteiger partial charge in [0, 0.05) is 18.5 Å². The molecule has 1 aromatic heterocycles. The minimum Gasteiger partial charge on any atom is -0.444 e. The van der Waals surface area contributed by atoms with Gasteiger partial charge in [0.15, 0.2) is 5.69 Å². The van der Waals surface area contributed by atoms with E-state index in [9.17, 15) is 14.0 Å². The second-order valence-corrected chi connectivity index (χ2v) is 7.51. The molecule has 27 heavy (non-hydrogen) atoms. The highest BCUT2D eigenvalue weighted by Crippen LogP contribution is 2.24. The fourth-order valence-corrected chi connectivity index (χ4v) is 2.64. The van der Waals surface area contributed by atoms with E-state index in [-0.39, 0.29) is 23.5 Å². The zero-order chi connectivity index (χ0) is 20.2. The van der Waals surface area contributed by atoms with E-state index in [4.69, 9.17) is 15.3 Å². The first-order chi connectivity index (χ1) is 12.6. The van der Waals surface area contributed by atoms with Crippen LogP contribution in [0.3, 0.4) is 0 Å². The Hall–Kier alpha value is -2.71. The van der Waals surface area contributed by atoms with Gasteiger partial charge in [0.1, 0.15) is 17.3 Å². The minimum atomic E-state index is -0.842. The average Bonchev–Trinajstić information content (AvgIpc) is 2.58. The molecule has 0 spiro atoms. The van der Waals surface area contributed by atoms with Crippen LogP contribution < -0.4 is 5.73 Å². The predicted octanol–water partition coefficient (Wildman–Crippen LogP) is 2.69. The van der Waals surface area contributed by atoms with Gasteiger partial charge in [0.05, 0.1) is 6.20 Å². The fourth-order valence-electron chi connectivity index (χ4n) is 2.64. The monoisotopic (exact) mass is 380 g/mol. The van der Waals surface area contributed by atoms with E-state index in [1.54, 1.807) is 25.7 Å². The lowest BCUT2D eigenvalue weighted by Gasteiger charge is -2.38. The predicted molar refractivity (Wildman–Crippen MR) is 96.4 cm³/mol. The van der Waals surface area contributed by atoms with E-state index < -0.39 is 23.5 Å². The molecule has 1 aliphatic rings. The summed E-state index contributed by atoms with van der Waals surface area (Å²) < 4.78 is 18.3. The number of ether oxygens (including phenoxy) is 1. The average molecular weight is 380 g/mol. The summed E-state index contributed by atoms with van der Waals surface area (Å²) in [7, 11) is 0. The summed E-state index contributed by atoms with van der Waals surface area (Å²) in [4.78, 5) is 34.3. The number of nitrogens with two attached hydrogens (primary N) is 1. The summed E-state index contributed by atoms with van der Waals surface area (Å²) in [5.74, 6) is -1.56. The molecule has 0 saturated carbocycles. The van der Waals surface area contributed by atoms with Crippen molar-refractivity contribution in [3.05, 3.63) is 29.8 Å². The Balaban J connectivity index is 1.99. The number of piperidine rings is 1. The van der Waals surface area contributed by atoms with Crippen molar-refractivity contribution in [2.75, 3.05) is 6.54 Å². The first-order valence-corrected chi connectivity index (χ1v) is 8.72. The Labute approximate surface area is 157 Å². The van der Waals surface area contributed by atoms with Crippen molar-refractivity contribution >= 4 is 17.9 Å². The quantitative estimate of drug-likeness (QED) is 0.374. The standard InChI is InChI=1S/C18H25FN4O4/c1-11-5-6-12(10-23(11)17(25)26-18(2,3)4)15(20)22-27-16(24)14-8-7-13(19)9-21-14/h7-9,11-12H,5-6,10H2,1-4H3,(H2,20,22)/t11-,12+/m1/s1. The summed E-state index contributed by atoms with van der Waals surface area (Å²) in [5, 5.41) is 3.67. The van der Waals surface area contributed by atoms with Gasteiger partial charge in [-0.05, 0) is 52.7 Å². The van der Waals surface area contributed by atoms with Gasteiger partial charge in [-0.2, -0.15) is 0 Å². The van der Waals surface area contributed by atoms with E-state index in [0.29, 0.717) is 19.4 Å². The second-order valence-electron chi connectivity index (χ2n) is 7.51. The molecule has 1 fully saturated rings. The maximum Gasteiger partial charge on any atom is 0.410 e. The molecule has 0 unspecified atom stereocenters. The van der Waals surface area contributed by atoms with Crippen LogP contribution in [-0.2, 0) is 9.57 Å². The van der Waals surface area contributed by atoms with Crippen molar-refractivity contribution in [1.29, 1.82) is 0 Å². The number of pyridine rings is 1. The van der Waals surface area contributed by atoms with Crippen LogP contribution in [-0.4, -0.2) is 46.0 Å². The van der Waals surface area contributed by atoms with E-state index in [1.165, 1.54) is 6.07 Å². The SMILES string of the molecule is C[C@@H]1CC[C@H](C(N)=NOC(=O)c2ccc(F)cn2)CN1C(=O)OC(C)(C)C. The lowest BCUT2D eigenvalue weighted by molar-refractivity contribution is 0.00868.